The van der Waals surface area contributed by atoms with Gasteiger partial charge in [-0.1, -0.05) is 39.3 Å². The topological polar surface area (TPSA) is 64.9 Å². The van der Waals surface area contributed by atoms with Crippen molar-refractivity contribution in [3.63, 3.8) is 0 Å². The van der Waals surface area contributed by atoms with Crippen LogP contribution in [-0.2, 0) is 6.42 Å². The standard InChI is InChI=1S/C14H12BrN3OS/c15-10-4-1-3-9(7-10)8-12-17-14(19-18-12)13(16)11-5-2-6-20-11/h1-7,13H,8,16H2. The summed E-state index contributed by atoms with van der Waals surface area (Å²) in [4.78, 5) is 5.40. The number of thiophene rings is 1. The lowest BCUT2D eigenvalue weighted by atomic mass is 10.1. The van der Waals surface area contributed by atoms with E-state index in [-0.39, 0.29) is 6.04 Å². The fourth-order valence-electron chi connectivity index (χ4n) is 1.89. The van der Waals surface area contributed by atoms with Gasteiger partial charge in [-0.15, -0.1) is 11.3 Å². The molecule has 0 bridgehead atoms. The third kappa shape index (κ3) is 2.98. The maximum atomic E-state index is 6.10. The number of nitrogens with two attached hydrogens (primary N) is 1. The van der Waals surface area contributed by atoms with Gasteiger partial charge in [0.15, 0.2) is 5.82 Å². The molecule has 2 aromatic heterocycles. The number of hydrogen-bond acceptors (Lipinski definition) is 5. The lowest BCUT2D eigenvalue weighted by Gasteiger charge is -2.01. The van der Waals surface area contributed by atoms with Gasteiger partial charge in [-0.25, -0.2) is 0 Å². The molecule has 4 nitrogen and oxygen atoms in total. The van der Waals surface area contributed by atoms with Crippen LogP contribution in [0.2, 0.25) is 0 Å². The van der Waals surface area contributed by atoms with E-state index >= 15 is 0 Å². The zero-order chi connectivity index (χ0) is 13.9. The summed E-state index contributed by atoms with van der Waals surface area (Å²) in [6.07, 6.45) is 0.625. The predicted molar refractivity (Wildman–Crippen MR) is 81.6 cm³/mol. The molecule has 1 atom stereocenters. The Morgan fingerprint density at radius 2 is 2.20 bits per heavy atom. The van der Waals surface area contributed by atoms with Crippen LogP contribution in [0.1, 0.15) is 28.2 Å². The van der Waals surface area contributed by atoms with Crippen molar-refractivity contribution in [2.45, 2.75) is 12.5 Å². The van der Waals surface area contributed by atoms with Crippen molar-refractivity contribution in [3.8, 4) is 0 Å². The van der Waals surface area contributed by atoms with E-state index in [1.165, 1.54) is 0 Å². The Bertz CT molecular complexity index is 696. The third-order valence-corrected chi connectivity index (χ3v) is 4.30. The zero-order valence-electron chi connectivity index (χ0n) is 10.5. The maximum Gasteiger partial charge on any atom is 0.248 e. The molecule has 0 aliphatic carbocycles. The Balaban J connectivity index is 1.77. The molecule has 102 valence electrons. The van der Waals surface area contributed by atoms with Crippen molar-refractivity contribution in [2.24, 2.45) is 5.73 Å². The normalized spacial score (nSPS) is 12.5. The molecule has 1 unspecified atom stereocenters. The van der Waals surface area contributed by atoms with Gasteiger partial charge in [-0.2, -0.15) is 4.98 Å². The summed E-state index contributed by atoms with van der Waals surface area (Å²) in [6.45, 7) is 0. The van der Waals surface area contributed by atoms with E-state index in [0.29, 0.717) is 18.1 Å². The SMILES string of the molecule is NC(c1nc(Cc2cccc(Br)c2)no1)c1cccs1. The molecule has 0 spiro atoms. The van der Waals surface area contributed by atoms with Crippen molar-refractivity contribution in [3.05, 3.63) is 68.4 Å². The highest BCUT2D eigenvalue weighted by Crippen LogP contribution is 2.23. The predicted octanol–water partition coefficient (Wildman–Crippen LogP) is 3.53. The van der Waals surface area contributed by atoms with Crippen LogP contribution < -0.4 is 5.73 Å². The third-order valence-electron chi connectivity index (χ3n) is 2.85. The first-order valence-electron chi connectivity index (χ1n) is 6.08. The summed E-state index contributed by atoms with van der Waals surface area (Å²) in [6, 6.07) is 11.6. The van der Waals surface area contributed by atoms with Crippen LogP contribution in [0.15, 0.2) is 50.8 Å². The van der Waals surface area contributed by atoms with E-state index in [4.69, 9.17) is 10.3 Å². The van der Waals surface area contributed by atoms with Gasteiger partial charge in [0, 0.05) is 15.8 Å². The fraction of sp³-hybridized carbons (Fsp3) is 0.143. The van der Waals surface area contributed by atoms with Crippen LogP contribution in [0.3, 0.4) is 0 Å². The number of benzene rings is 1. The molecule has 0 amide bonds. The van der Waals surface area contributed by atoms with Crippen molar-refractivity contribution in [1.29, 1.82) is 0 Å². The second-order valence-electron chi connectivity index (χ2n) is 4.35. The van der Waals surface area contributed by atoms with Gasteiger partial charge in [0.05, 0.1) is 0 Å². The summed E-state index contributed by atoms with van der Waals surface area (Å²) in [7, 11) is 0. The molecule has 6 heteroatoms. The molecule has 20 heavy (non-hydrogen) atoms. The van der Waals surface area contributed by atoms with Crippen LogP contribution in [0.4, 0.5) is 0 Å². The summed E-state index contributed by atoms with van der Waals surface area (Å²) >= 11 is 5.03. The average Bonchev–Trinajstić information content (AvgIpc) is 3.09. The highest BCUT2D eigenvalue weighted by molar-refractivity contribution is 9.10. The van der Waals surface area contributed by atoms with Crippen LogP contribution in [-0.4, -0.2) is 10.1 Å². The average molecular weight is 350 g/mol. The summed E-state index contributed by atoms with van der Waals surface area (Å²) in [5.41, 5.74) is 7.22. The van der Waals surface area contributed by atoms with E-state index < -0.39 is 0 Å². The number of aromatic nitrogens is 2. The monoisotopic (exact) mass is 349 g/mol. The van der Waals surface area contributed by atoms with Crippen LogP contribution in [0.5, 0.6) is 0 Å². The second kappa shape index (κ2) is 5.87. The number of hydrogen-bond donors (Lipinski definition) is 1. The van der Waals surface area contributed by atoms with Gasteiger partial charge in [-0.3, -0.25) is 0 Å². The van der Waals surface area contributed by atoms with Crippen molar-refractivity contribution in [2.75, 3.05) is 0 Å². The summed E-state index contributed by atoms with van der Waals surface area (Å²) in [5.74, 6) is 1.10. The molecule has 3 aromatic rings. The molecule has 0 aliphatic heterocycles. The quantitative estimate of drug-likeness (QED) is 0.782. The first kappa shape index (κ1) is 13.5. The zero-order valence-corrected chi connectivity index (χ0v) is 12.9. The first-order valence-corrected chi connectivity index (χ1v) is 7.75. The molecule has 0 radical (unpaired) electrons. The van der Waals surface area contributed by atoms with Gasteiger partial charge in [-0.05, 0) is 29.1 Å². The minimum Gasteiger partial charge on any atom is -0.337 e. The molecule has 1 aromatic carbocycles. The van der Waals surface area contributed by atoms with E-state index in [1.807, 2.05) is 41.8 Å². The lowest BCUT2D eigenvalue weighted by molar-refractivity contribution is 0.364. The van der Waals surface area contributed by atoms with Gasteiger partial charge in [0.2, 0.25) is 5.89 Å². The largest absolute Gasteiger partial charge is 0.337 e. The van der Waals surface area contributed by atoms with Crippen LogP contribution in [0.25, 0.3) is 0 Å². The Labute approximate surface area is 128 Å². The fourth-order valence-corrected chi connectivity index (χ4v) is 3.05. The first-order chi connectivity index (χ1) is 9.72. The van der Waals surface area contributed by atoms with E-state index in [9.17, 15) is 0 Å². The molecule has 2 heterocycles. The van der Waals surface area contributed by atoms with Crippen molar-refractivity contribution >= 4 is 27.3 Å². The number of rotatable bonds is 4. The molecule has 3 rings (SSSR count). The number of nitrogens with zero attached hydrogens (tertiary/aromatic N) is 2. The minimum absolute atomic E-state index is 0.348. The summed E-state index contributed by atoms with van der Waals surface area (Å²) < 4.78 is 6.30. The van der Waals surface area contributed by atoms with E-state index in [2.05, 4.69) is 26.1 Å². The van der Waals surface area contributed by atoms with Gasteiger partial charge in [0.1, 0.15) is 6.04 Å². The molecule has 0 saturated heterocycles. The minimum atomic E-state index is -0.348. The van der Waals surface area contributed by atoms with E-state index in [1.54, 1.807) is 11.3 Å². The Morgan fingerprint density at radius 3 is 2.95 bits per heavy atom. The van der Waals surface area contributed by atoms with Crippen molar-refractivity contribution < 1.29 is 4.52 Å². The lowest BCUT2D eigenvalue weighted by Crippen LogP contribution is -2.10. The van der Waals surface area contributed by atoms with Gasteiger partial charge >= 0.3 is 0 Å². The molecule has 0 aliphatic rings. The van der Waals surface area contributed by atoms with E-state index in [0.717, 1.165) is 14.9 Å². The Morgan fingerprint density at radius 1 is 1.30 bits per heavy atom. The smallest absolute Gasteiger partial charge is 0.248 e. The molecule has 0 fully saturated rings. The van der Waals surface area contributed by atoms with Gasteiger partial charge < -0.3 is 10.3 Å². The molecular weight excluding hydrogens is 338 g/mol. The highest BCUT2D eigenvalue weighted by Gasteiger charge is 2.17. The second-order valence-corrected chi connectivity index (χ2v) is 6.24. The van der Waals surface area contributed by atoms with Crippen LogP contribution in [0, 0.1) is 0 Å². The molecular formula is C14H12BrN3OS. The highest BCUT2D eigenvalue weighted by atomic mass is 79.9. The Kier molecular flexibility index (Phi) is 3.95. The molecule has 0 saturated carbocycles. The van der Waals surface area contributed by atoms with Crippen molar-refractivity contribution in [1.82, 2.24) is 10.1 Å². The van der Waals surface area contributed by atoms with Crippen LogP contribution >= 0.6 is 27.3 Å². The number of halogens is 1. The Hall–Kier alpha value is -1.50. The summed E-state index contributed by atoms with van der Waals surface area (Å²) in [5, 5.41) is 5.98. The maximum absolute atomic E-state index is 6.10. The van der Waals surface area contributed by atoms with Gasteiger partial charge in [0.25, 0.3) is 0 Å². The molecule has 2 N–H and O–H groups in total.